The van der Waals surface area contributed by atoms with Gasteiger partial charge in [0.25, 0.3) is 0 Å². The van der Waals surface area contributed by atoms with Crippen molar-refractivity contribution in [3.63, 3.8) is 0 Å². The van der Waals surface area contributed by atoms with Crippen molar-refractivity contribution < 1.29 is 14.6 Å². The number of nitrogen functional groups attached to an aromatic ring is 1. The molecule has 4 N–H and O–H groups in total. The number of aliphatic hydroxyl groups is 2. The Morgan fingerprint density at radius 3 is 2.90 bits per heavy atom. The zero-order chi connectivity index (χ0) is 14.9. The van der Waals surface area contributed by atoms with Gasteiger partial charge in [0, 0.05) is 16.7 Å². The van der Waals surface area contributed by atoms with Gasteiger partial charge in [0.2, 0.25) is 0 Å². The third-order valence-electron chi connectivity index (χ3n) is 3.08. The summed E-state index contributed by atoms with van der Waals surface area (Å²) in [6.45, 7) is -0.752. The third-order valence-corrected chi connectivity index (χ3v) is 3.08. The monoisotopic (exact) mass is 282 g/mol. The molecule has 0 spiro atoms. The van der Waals surface area contributed by atoms with Crippen LogP contribution in [0.15, 0.2) is 33.6 Å². The smallest absolute Gasteiger partial charge is 0.350 e. The lowest BCUT2D eigenvalue weighted by Gasteiger charge is -2.19. The minimum atomic E-state index is -1.51. The van der Waals surface area contributed by atoms with Gasteiger partial charge >= 0.3 is 5.69 Å². The largest absolute Gasteiger partial charge is 0.392 e. The summed E-state index contributed by atoms with van der Waals surface area (Å²) in [5.41, 5.74) is 12.6. The van der Waals surface area contributed by atoms with Crippen LogP contribution in [-0.4, -0.2) is 38.5 Å². The normalized spacial score (nSPS) is 25.6. The van der Waals surface area contributed by atoms with Gasteiger partial charge in [-0.2, -0.15) is 4.98 Å². The van der Waals surface area contributed by atoms with Gasteiger partial charge < -0.3 is 15.9 Å². The molecule has 106 valence electrons. The van der Waals surface area contributed by atoms with Crippen molar-refractivity contribution in [2.75, 3.05) is 12.3 Å². The highest BCUT2D eigenvalue weighted by molar-refractivity contribution is 5.31. The Kier molecular flexibility index (Phi) is 3.70. The molecule has 10 heteroatoms. The average Bonchev–Trinajstić information content (AvgIpc) is 2.62. The lowest BCUT2D eigenvalue weighted by atomic mass is 10.1. The topological polar surface area (TPSA) is 150 Å². The molecule has 1 aromatic heterocycles. The molecular weight excluding hydrogens is 271 g/mol. The number of nitrogens with two attached hydrogens (primary N) is 1. The highest BCUT2D eigenvalue weighted by Gasteiger charge is 2.43. The van der Waals surface area contributed by atoms with Crippen molar-refractivity contribution in [1.82, 2.24) is 9.55 Å². The Morgan fingerprint density at radius 2 is 2.35 bits per heavy atom. The van der Waals surface area contributed by atoms with Gasteiger partial charge in [0.15, 0.2) is 0 Å². The first-order chi connectivity index (χ1) is 9.51. The van der Waals surface area contributed by atoms with Gasteiger partial charge in [-0.15, -0.1) is 0 Å². The Balaban J connectivity index is 2.59. The molecular formula is C10H11FN6O3. The van der Waals surface area contributed by atoms with Gasteiger partial charge in [0.05, 0.1) is 18.8 Å². The van der Waals surface area contributed by atoms with E-state index in [9.17, 15) is 14.3 Å². The first kappa shape index (κ1) is 14.0. The number of halogens is 1. The lowest BCUT2D eigenvalue weighted by Crippen LogP contribution is -2.35. The molecule has 0 saturated heterocycles. The Labute approximate surface area is 111 Å². The zero-order valence-electron chi connectivity index (χ0n) is 10.1. The Bertz CT molecular complexity index is 665. The van der Waals surface area contributed by atoms with Gasteiger partial charge in [-0.25, -0.2) is 9.18 Å². The molecule has 0 aromatic carbocycles. The predicted octanol–water partition coefficient (Wildman–Crippen LogP) is -0.364. The fourth-order valence-corrected chi connectivity index (χ4v) is 2.14. The molecule has 1 heterocycles. The Morgan fingerprint density at radius 1 is 1.65 bits per heavy atom. The summed E-state index contributed by atoms with van der Waals surface area (Å²) in [4.78, 5) is 17.7. The maximum Gasteiger partial charge on any atom is 0.350 e. The number of hydrogen-bond donors (Lipinski definition) is 3. The summed E-state index contributed by atoms with van der Waals surface area (Å²) in [5, 5.41) is 22.2. The molecule has 0 saturated carbocycles. The lowest BCUT2D eigenvalue weighted by molar-refractivity contribution is 0.160. The van der Waals surface area contributed by atoms with Crippen LogP contribution in [0, 0.1) is 0 Å². The minimum absolute atomic E-state index is 0.0445. The van der Waals surface area contributed by atoms with E-state index in [1.807, 2.05) is 0 Å². The standard InChI is InChI=1S/C10H11FN6O3/c11-6-4(3-18)9(19)7(15-16-13)8(6)17-2-1-5(12)14-10(17)20/h1-2,7-9,18-19H,3H2,(H2,12,14,20)/t7?,8-,9-/m1/s1. The van der Waals surface area contributed by atoms with Crippen LogP contribution >= 0.6 is 0 Å². The zero-order valence-corrected chi connectivity index (χ0v) is 10.1. The molecule has 20 heavy (non-hydrogen) atoms. The van der Waals surface area contributed by atoms with Crippen LogP contribution < -0.4 is 11.4 Å². The molecule has 0 amide bonds. The van der Waals surface area contributed by atoms with Gasteiger partial charge in [-0.05, 0) is 11.6 Å². The number of nitrogens with zero attached hydrogens (tertiary/aromatic N) is 5. The van der Waals surface area contributed by atoms with Crippen molar-refractivity contribution in [3.8, 4) is 0 Å². The molecule has 0 aliphatic heterocycles. The first-order valence-electron chi connectivity index (χ1n) is 5.57. The van der Waals surface area contributed by atoms with Gasteiger partial charge in [-0.1, -0.05) is 5.11 Å². The van der Waals surface area contributed by atoms with Crippen LogP contribution in [0.1, 0.15) is 6.04 Å². The van der Waals surface area contributed by atoms with Crippen LogP contribution in [-0.2, 0) is 0 Å². The molecule has 3 atom stereocenters. The summed E-state index contributed by atoms with van der Waals surface area (Å²) in [7, 11) is 0. The van der Waals surface area contributed by atoms with E-state index >= 15 is 0 Å². The highest BCUT2D eigenvalue weighted by Crippen LogP contribution is 2.38. The van der Waals surface area contributed by atoms with Crippen molar-refractivity contribution in [1.29, 1.82) is 0 Å². The highest BCUT2D eigenvalue weighted by atomic mass is 19.1. The van der Waals surface area contributed by atoms with E-state index in [0.717, 1.165) is 4.57 Å². The number of aromatic nitrogens is 2. The quantitative estimate of drug-likeness (QED) is 0.393. The maximum absolute atomic E-state index is 14.2. The number of anilines is 1. The number of azide groups is 1. The Hall–Kier alpha value is -2.42. The fraction of sp³-hybridized carbons (Fsp3) is 0.400. The van der Waals surface area contributed by atoms with Gasteiger partial charge in [0.1, 0.15) is 17.7 Å². The molecule has 1 unspecified atom stereocenters. The molecule has 2 rings (SSSR count). The maximum atomic E-state index is 14.2. The predicted molar refractivity (Wildman–Crippen MR) is 66.1 cm³/mol. The minimum Gasteiger partial charge on any atom is -0.392 e. The van der Waals surface area contributed by atoms with E-state index in [0.29, 0.717) is 0 Å². The summed E-state index contributed by atoms with van der Waals surface area (Å²) < 4.78 is 15.1. The molecule has 1 aromatic rings. The molecule has 0 radical (unpaired) electrons. The third kappa shape index (κ3) is 2.11. The summed E-state index contributed by atoms with van der Waals surface area (Å²) in [5.74, 6) is -0.969. The second-order valence-corrected chi connectivity index (χ2v) is 4.16. The molecule has 0 fully saturated rings. The van der Waals surface area contributed by atoms with Crippen LogP contribution in [0.25, 0.3) is 10.4 Å². The fourth-order valence-electron chi connectivity index (χ4n) is 2.14. The van der Waals surface area contributed by atoms with E-state index in [-0.39, 0.29) is 11.4 Å². The van der Waals surface area contributed by atoms with Crippen LogP contribution in [0.3, 0.4) is 0 Å². The number of aliphatic hydroxyl groups excluding tert-OH is 2. The van der Waals surface area contributed by atoms with E-state index in [1.54, 1.807) is 0 Å². The van der Waals surface area contributed by atoms with E-state index in [1.165, 1.54) is 12.3 Å². The summed E-state index contributed by atoms with van der Waals surface area (Å²) in [6, 6.07) is -1.38. The molecule has 1 aliphatic rings. The molecule has 0 bridgehead atoms. The number of rotatable bonds is 3. The van der Waals surface area contributed by atoms with Crippen molar-refractivity contribution in [2.24, 2.45) is 5.11 Å². The van der Waals surface area contributed by atoms with E-state index in [4.69, 9.17) is 16.4 Å². The van der Waals surface area contributed by atoms with Crippen molar-refractivity contribution in [3.05, 3.63) is 44.6 Å². The summed E-state index contributed by atoms with van der Waals surface area (Å²) in [6.07, 6.45) is -0.327. The van der Waals surface area contributed by atoms with Crippen LogP contribution in [0.4, 0.5) is 10.2 Å². The van der Waals surface area contributed by atoms with Gasteiger partial charge in [-0.3, -0.25) is 4.57 Å². The van der Waals surface area contributed by atoms with Crippen LogP contribution in [0.2, 0.25) is 0 Å². The van der Waals surface area contributed by atoms with Crippen molar-refractivity contribution in [2.45, 2.75) is 18.2 Å². The van der Waals surface area contributed by atoms with Crippen LogP contribution in [0.5, 0.6) is 0 Å². The second kappa shape index (κ2) is 5.29. The first-order valence-corrected chi connectivity index (χ1v) is 5.57. The number of hydrogen-bond acceptors (Lipinski definition) is 6. The van der Waals surface area contributed by atoms with Crippen molar-refractivity contribution >= 4 is 5.82 Å². The average molecular weight is 282 g/mol. The summed E-state index contributed by atoms with van der Waals surface area (Å²) >= 11 is 0. The van der Waals surface area contributed by atoms with E-state index < -0.39 is 36.3 Å². The SMILES string of the molecule is [N-]=[N+]=NC1[C@H](O)C(CO)=C(F)[C@H]1n1ccc(N)nc1=O. The molecule has 9 nitrogen and oxygen atoms in total. The second-order valence-electron chi connectivity index (χ2n) is 4.16. The molecule has 1 aliphatic carbocycles. The van der Waals surface area contributed by atoms with E-state index in [2.05, 4.69) is 15.0 Å².